The first-order chi connectivity index (χ1) is 8.74. The van der Waals surface area contributed by atoms with Crippen molar-refractivity contribution < 1.29 is 14.0 Å². The number of hydrogen-bond donors (Lipinski definition) is 2. The minimum atomic E-state index is -0.264. The van der Waals surface area contributed by atoms with Crippen molar-refractivity contribution in [3.8, 4) is 0 Å². The van der Waals surface area contributed by atoms with Gasteiger partial charge in [-0.15, -0.1) is 0 Å². The average molecular weight is 252 g/mol. The van der Waals surface area contributed by atoms with Crippen molar-refractivity contribution in [2.45, 2.75) is 32.6 Å². The number of amides is 2. The molecule has 0 aliphatic rings. The molecular weight excluding hydrogens is 232 g/mol. The van der Waals surface area contributed by atoms with Crippen LogP contribution in [0.1, 0.15) is 43.2 Å². The van der Waals surface area contributed by atoms with Crippen molar-refractivity contribution in [3.05, 3.63) is 24.2 Å². The second-order valence-electron chi connectivity index (χ2n) is 4.04. The predicted octanol–water partition coefficient (Wildman–Crippen LogP) is 1.71. The Hall–Kier alpha value is -1.78. The third-order valence-electron chi connectivity index (χ3n) is 2.49. The van der Waals surface area contributed by atoms with Crippen LogP contribution in [0.2, 0.25) is 0 Å². The Bertz CT molecular complexity index is 360. The number of hydrogen-bond acceptors (Lipinski definition) is 3. The molecule has 0 fully saturated rings. The molecule has 0 atom stereocenters. The van der Waals surface area contributed by atoms with Gasteiger partial charge in [-0.05, 0) is 18.6 Å². The Kier molecular flexibility index (Phi) is 6.61. The molecule has 0 aliphatic heterocycles. The minimum absolute atomic E-state index is 0.0377. The summed E-state index contributed by atoms with van der Waals surface area (Å²) in [6.07, 6.45) is 5.10. The van der Waals surface area contributed by atoms with Gasteiger partial charge in [-0.25, -0.2) is 0 Å². The fourth-order valence-electron chi connectivity index (χ4n) is 1.50. The Morgan fingerprint density at radius 3 is 2.67 bits per heavy atom. The van der Waals surface area contributed by atoms with Gasteiger partial charge in [0.05, 0.1) is 6.26 Å². The molecule has 0 unspecified atom stereocenters. The molecule has 0 spiro atoms. The highest BCUT2D eigenvalue weighted by Crippen LogP contribution is 1.99. The van der Waals surface area contributed by atoms with Crippen molar-refractivity contribution in [2.24, 2.45) is 0 Å². The third kappa shape index (κ3) is 5.52. The van der Waals surface area contributed by atoms with Gasteiger partial charge in [-0.3, -0.25) is 9.59 Å². The minimum Gasteiger partial charge on any atom is -0.459 e. The lowest BCUT2D eigenvalue weighted by molar-refractivity contribution is -0.121. The fourth-order valence-corrected chi connectivity index (χ4v) is 1.50. The van der Waals surface area contributed by atoms with Crippen LogP contribution in [0.5, 0.6) is 0 Å². The highest BCUT2D eigenvalue weighted by atomic mass is 16.3. The standard InChI is InChI=1S/C13H20N2O3/c1-2-3-4-7-12(16)14-8-9-15-13(17)11-6-5-10-18-11/h5-6,10H,2-4,7-9H2,1H3,(H,14,16)(H,15,17). The molecule has 5 nitrogen and oxygen atoms in total. The van der Waals surface area contributed by atoms with E-state index in [0.717, 1.165) is 19.3 Å². The highest BCUT2D eigenvalue weighted by Gasteiger charge is 2.07. The van der Waals surface area contributed by atoms with Crippen molar-refractivity contribution in [1.29, 1.82) is 0 Å². The molecule has 1 aromatic heterocycles. The van der Waals surface area contributed by atoms with Crippen LogP contribution in [0.15, 0.2) is 22.8 Å². The lowest BCUT2D eigenvalue weighted by Gasteiger charge is -2.05. The monoisotopic (exact) mass is 252 g/mol. The van der Waals surface area contributed by atoms with E-state index in [-0.39, 0.29) is 17.6 Å². The number of carbonyl (C=O) groups is 2. The largest absolute Gasteiger partial charge is 0.459 e. The predicted molar refractivity (Wildman–Crippen MR) is 68.2 cm³/mol. The number of rotatable bonds is 8. The second kappa shape index (κ2) is 8.33. The van der Waals surface area contributed by atoms with Crippen LogP contribution in [0.4, 0.5) is 0 Å². The molecule has 0 saturated heterocycles. The van der Waals surface area contributed by atoms with Crippen molar-refractivity contribution >= 4 is 11.8 Å². The van der Waals surface area contributed by atoms with Crippen molar-refractivity contribution in [1.82, 2.24) is 10.6 Å². The van der Waals surface area contributed by atoms with Crippen molar-refractivity contribution in [2.75, 3.05) is 13.1 Å². The van der Waals surface area contributed by atoms with Gasteiger partial charge in [0.1, 0.15) is 0 Å². The molecule has 2 N–H and O–H groups in total. The van der Waals surface area contributed by atoms with E-state index in [1.807, 2.05) is 0 Å². The number of unbranched alkanes of at least 4 members (excludes halogenated alkanes) is 2. The molecular formula is C13H20N2O3. The van der Waals surface area contributed by atoms with Crippen molar-refractivity contribution in [3.63, 3.8) is 0 Å². The highest BCUT2D eigenvalue weighted by molar-refractivity contribution is 5.91. The van der Waals surface area contributed by atoms with E-state index < -0.39 is 0 Å². The summed E-state index contributed by atoms with van der Waals surface area (Å²) in [6, 6.07) is 3.25. The zero-order valence-corrected chi connectivity index (χ0v) is 10.7. The quantitative estimate of drug-likeness (QED) is 0.692. The summed E-state index contributed by atoms with van der Waals surface area (Å²) in [7, 11) is 0. The third-order valence-corrected chi connectivity index (χ3v) is 2.49. The van der Waals surface area contributed by atoms with E-state index in [4.69, 9.17) is 4.42 Å². The van der Waals surface area contributed by atoms with E-state index in [9.17, 15) is 9.59 Å². The first kappa shape index (κ1) is 14.3. The van der Waals surface area contributed by atoms with Crippen LogP contribution in [0.25, 0.3) is 0 Å². The van der Waals surface area contributed by atoms with Gasteiger partial charge in [0.2, 0.25) is 5.91 Å². The molecule has 2 amide bonds. The van der Waals surface area contributed by atoms with Crippen LogP contribution in [0.3, 0.4) is 0 Å². The molecule has 0 aromatic carbocycles. The summed E-state index contributed by atoms with van der Waals surface area (Å²) in [4.78, 5) is 22.8. The van der Waals surface area contributed by atoms with E-state index in [1.165, 1.54) is 6.26 Å². The molecule has 1 heterocycles. The van der Waals surface area contributed by atoms with E-state index in [2.05, 4.69) is 17.6 Å². The molecule has 18 heavy (non-hydrogen) atoms. The molecule has 0 radical (unpaired) electrons. The topological polar surface area (TPSA) is 71.3 Å². The van der Waals surface area contributed by atoms with Gasteiger partial charge in [0.15, 0.2) is 5.76 Å². The van der Waals surface area contributed by atoms with E-state index >= 15 is 0 Å². The Morgan fingerprint density at radius 2 is 2.00 bits per heavy atom. The van der Waals surface area contributed by atoms with Gasteiger partial charge in [-0.1, -0.05) is 19.8 Å². The van der Waals surface area contributed by atoms with Gasteiger partial charge in [-0.2, -0.15) is 0 Å². The van der Waals surface area contributed by atoms with Crippen LogP contribution in [-0.4, -0.2) is 24.9 Å². The number of furan rings is 1. The normalized spacial score (nSPS) is 10.1. The molecule has 5 heteroatoms. The summed E-state index contributed by atoms with van der Waals surface area (Å²) in [5.41, 5.74) is 0. The molecule has 1 rings (SSSR count). The van der Waals surface area contributed by atoms with Gasteiger partial charge >= 0.3 is 0 Å². The summed E-state index contributed by atoms with van der Waals surface area (Å²) in [5.74, 6) is 0.0557. The zero-order chi connectivity index (χ0) is 13.2. The first-order valence-corrected chi connectivity index (χ1v) is 6.32. The van der Waals surface area contributed by atoms with Crippen LogP contribution >= 0.6 is 0 Å². The summed E-state index contributed by atoms with van der Waals surface area (Å²) >= 11 is 0. The zero-order valence-electron chi connectivity index (χ0n) is 10.7. The number of carbonyl (C=O) groups excluding carboxylic acids is 2. The lowest BCUT2D eigenvalue weighted by Crippen LogP contribution is -2.34. The van der Waals surface area contributed by atoms with Crippen LogP contribution in [-0.2, 0) is 4.79 Å². The van der Waals surface area contributed by atoms with E-state index in [1.54, 1.807) is 12.1 Å². The average Bonchev–Trinajstić information content (AvgIpc) is 2.88. The van der Waals surface area contributed by atoms with Gasteiger partial charge in [0.25, 0.3) is 5.91 Å². The Morgan fingerprint density at radius 1 is 1.22 bits per heavy atom. The maximum atomic E-state index is 11.4. The second-order valence-corrected chi connectivity index (χ2v) is 4.04. The SMILES string of the molecule is CCCCCC(=O)NCCNC(=O)c1ccco1. The lowest BCUT2D eigenvalue weighted by atomic mass is 10.2. The molecule has 100 valence electrons. The molecule has 1 aromatic rings. The molecule has 0 aliphatic carbocycles. The molecule has 0 saturated carbocycles. The maximum absolute atomic E-state index is 11.4. The number of nitrogens with one attached hydrogen (secondary N) is 2. The van der Waals surface area contributed by atoms with Gasteiger partial charge in [0, 0.05) is 19.5 Å². The summed E-state index contributed by atoms with van der Waals surface area (Å²) in [5, 5.41) is 5.42. The Balaban J connectivity index is 2.04. The summed E-state index contributed by atoms with van der Waals surface area (Å²) < 4.78 is 4.94. The smallest absolute Gasteiger partial charge is 0.287 e. The maximum Gasteiger partial charge on any atom is 0.287 e. The van der Waals surface area contributed by atoms with Crippen LogP contribution < -0.4 is 10.6 Å². The fraction of sp³-hybridized carbons (Fsp3) is 0.538. The summed E-state index contributed by atoms with van der Waals surface area (Å²) in [6.45, 7) is 2.94. The molecule has 0 bridgehead atoms. The Labute approximate surface area is 107 Å². The van der Waals surface area contributed by atoms with Crippen LogP contribution in [0, 0.1) is 0 Å². The first-order valence-electron chi connectivity index (χ1n) is 6.32. The van der Waals surface area contributed by atoms with E-state index in [0.29, 0.717) is 19.5 Å². The van der Waals surface area contributed by atoms with Gasteiger partial charge < -0.3 is 15.1 Å².